The first kappa shape index (κ1) is 55.6. The van der Waals surface area contributed by atoms with Gasteiger partial charge in [0, 0.05) is 49.4 Å². The molecule has 0 aliphatic rings. The zero-order valence-corrected chi connectivity index (χ0v) is 48.6. The predicted octanol–water partition coefficient (Wildman–Crippen LogP) is 21.3. The van der Waals surface area contributed by atoms with E-state index in [0.717, 1.165) is 72.4 Å². The molecule has 15 rings (SSSR count). The molecule has 0 saturated heterocycles. The molecule has 0 radical (unpaired) electrons. The van der Waals surface area contributed by atoms with Crippen LogP contribution in [0.1, 0.15) is 16.7 Å². The fourth-order valence-corrected chi connectivity index (χ4v) is 12.7. The Morgan fingerprint density at radius 3 is 1.12 bits per heavy atom. The Morgan fingerprint density at radius 2 is 0.696 bits per heavy atom. The third kappa shape index (κ3) is 9.62. The topological polar surface area (TPSA) is 105 Å². The number of fused-ring (bicyclic) bond motifs is 6. The van der Waals surface area contributed by atoms with Crippen molar-refractivity contribution in [2.75, 3.05) is 0 Å². The van der Waals surface area contributed by atoms with Crippen LogP contribution >= 0.6 is 0 Å². The van der Waals surface area contributed by atoms with Gasteiger partial charge in [-0.2, -0.15) is 23.7 Å². The van der Waals surface area contributed by atoms with Crippen molar-refractivity contribution in [3.8, 4) is 113 Å². The summed E-state index contributed by atoms with van der Waals surface area (Å²) in [6.07, 6.45) is -4.79. The Labute approximate surface area is 526 Å². The maximum Gasteiger partial charge on any atom is 0.416 e. The Hall–Kier alpha value is -13.0. The summed E-state index contributed by atoms with van der Waals surface area (Å²) in [5, 5.41) is 23.8. The molecule has 3 heterocycles. The molecule has 9 nitrogen and oxygen atoms in total. The molecule has 0 N–H and O–H groups in total. The highest BCUT2D eigenvalue weighted by molar-refractivity contribution is 6.14. The number of aromatic nitrogens is 5. The van der Waals surface area contributed by atoms with E-state index in [-0.39, 0.29) is 5.69 Å². The lowest BCUT2D eigenvalue weighted by Crippen LogP contribution is -2.08. The van der Waals surface area contributed by atoms with Crippen LogP contribution in [0.15, 0.2) is 267 Å². The second-order valence-corrected chi connectivity index (χ2v) is 22.2. The molecule has 12 aromatic carbocycles. The highest BCUT2D eigenvalue weighted by Crippen LogP contribution is 2.47. The summed E-state index contributed by atoms with van der Waals surface area (Å²) in [6, 6.07) is 86.8. The third-order valence-electron chi connectivity index (χ3n) is 17.0. The molecule has 3 aromatic heterocycles. The number of alkyl halides is 3. The summed E-state index contributed by atoms with van der Waals surface area (Å²) in [6.45, 7) is 16.2. The van der Waals surface area contributed by atoms with Crippen LogP contribution in [-0.4, -0.2) is 24.1 Å². The molecule has 0 bridgehead atoms. The Balaban J connectivity index is 1.06. The molecular weight excluding hydrogens is 1140 g/mol. The third-order valence-corrected chi connectivity index (χ3v) is 17.0. The molecular formula is C80H44F3N9. The molecule has 0 spiro atoms. The van der Waals surface area contributed by atoms with Gasteiger partial charge in [0.05, 0.1) is 75.4 Å². The van der Waals surface area contributed by atoms with Gasteiger partial charge in [0.15, 0.2) is 28.8 Å². The highest BCUT2D eigenvalue weighted by Gasteiger charge is 2.33. The number of rotatable bonds is 10. The van der Waals surface area contributed by atoms with Crippen molar-refractivity contribution in [1.29, 1.82) is 10.5 Å². The minimum atomic E-state index is -4.79. The summed E-state index contributed by atoms with van der Waals surface area (Å²) in [7, 11) is 0. The normalized spacial score (nSPS) is 11.4. The van der Waals surface area contributed by atoms with E-state index in [2.05, 4.69) is 38.5 Å². The fourth-order valence-electron chi connectivity index (χ4n) is 12.7. The molecule has 0 aliphatic heterocycles. The van der Waals surface area contributed by atoms with Crippen molar-refractivity contribution < 1.29 is 13.2 Å². The molecule has 0 fully saturated rings. The van der Waals surface area contributed by atoms with Crippen molar-refractivity contribution in [2.45, 2.75) is 6.18 Å². The van der Waals surface area contributed by atoms with Gasteiger partial charge in [-0.1, -0.05) is 176 Å². The van der Waals surface area contributed by atoms with Crippen LogP contribution in [-0.2, 0) is 6.18 Å². The average Bonchev–Trinajstić information content (AvgIpc) is 1.55. The number of halogens is 3. The molecule has 92 heavy (non-hydrogen) atoms. The van der Waals surface area contributed by atoms with E-state index in [1.165, 1.54) is 6.07 Å². The Bertz CT molecular complexity index is 5410. The van der Waals surface area contributed by atoms with E-state index < -0.39 is 11.7 Å². The van der Waals surface area contributed by atoms with Crippen LogP contribution in [0.3, 0.4) is 0 Å². The van der Waals surface area contributed by atoms with Gasteiger partial charge in [0.1, 0.15) is 0 Å². The predicted molar refractivity (Wildman–Crippen MR) is 359 cm³/mol. The van der Waals surface area contributed by atoms with Crippen LogP contribution in [0.5, 0.6) is 0 Å². The lowest BCUT2D eigenvalue weighted by atomic mass is 9.96. The molecule has 0 atom stereocenters. The van der Waals surface area contributed by atoms with Gasteiger partial charge in [-0.05, 0) is 136 Å². The highest BCUT2D eigenvalue weighted by atomic mass is 19.4. The van der Waals surface area contributed by atoms with Crippen molar-refractivity contribution in [2.24, 2.45) is 0 Å². The maximum absolute atomic E-state index is 15.8. The Kier molecular flexibility index (Phi) is 13.7. The van der Waals surface area contributed by atoms with E-state index in [1.54, 1.807) is 36.4 Å². The van der Waals surface area contributed by atoms with Crippen LogP contribution in [0, 0.1) is 35.8 Å². The molecule has 0 unspecified atom stereocenters. The zero-order valence-electron chi connectivity index (χ0n) is 48.6. The second kappa shape index (κ2) is 22.6. The maximum atomic E-state index is 15.8. The summed E-state index contributed by atoms with van der Waals surface area (Å²) in [5.74, 6) is 1.16. The van der Waals surface area contributed by atoms with Crippen LogP contribution < -0.4 is 0 Å². The van der Waals surface area contributed by atoms with E-state index in [9.17, 15) is 10.5 Å². The monoisotopic (exact) mass is 1190 g/mol. The standard InChI is InChI=1S/C80H44F3N9/c1-86-69-27-15-13-25-61(69)53-31-38-73-67(43-53)65-41-51(59-23-11-9-21-56(59)47-84)29-36-72(65)91(73)71-40-33-55(79-89-77(49-17-5-3-6-18-49)88-78(90-79)50-19-7-4-8-20-50)45-64(71)63-35-34-58(80(81,82)83)46-76(63)92-74-37-30-52(60-24-12-10-22-57(60)48-85)42-66(74)68-44-54(32-39-75(68)92)62-26-14-16-28-70(62)87-2/h3-46H. The number of para-hydroxylation sites is 2. The van der Waals surface area contributed by atoms with Gasteiger partial charge in [0.2, 0.25) is 0 Å². The molecule has 12 heteroatoms. The first-order valence-corrected chi connectivity index (χ1v) is 29.4. The summed E-state index contributed by atoms with van der Waals surface area (Å²) < 4.78 is 51.3. The van der Waals surface area contributed by atoms with E-state index in [4.69, 9.17) is 28.1 Å². The van der Waals surface area contributed by atoms with Gasteiger partial charge in [-0.25, -0.2) is 24.6 Å². The fraction of sp³-hybridized carbons (Fsp3) is 0.0125. The molecule has 15 aromatic rings. The first-order chi connectivity index (χ1) is 45.1. The molecule has 430 valence electrons. The second-order valence-electron chi connectivity index (χ2n) is 22.2. The molecule has 0 aliphatic carbocycles. The summed E-state index contributed by atoms with van der Waals surface area (Å²) in [5.41, 5.74) is 13.4. The van der Waals surface area contributed by atoms with E-state index >= 15 is 13.2 Å². The van der Waals surface area contributed by atoms with Gasteiger partial charge >= 0.3 is 6.18 Å². The summed E-state index contributed by atoms with van der Waals surface area (Å²) >= 11 is 0. The van der Waals surface area contributed by atoms with Gasteiger partial charge in [-0.3, -0.25) is 0 Å². The van der Waals surface area contributed by atoms with Crippen molar-refractivity contribution in [3.63, 3.8) is 0 Å². The van der Waals surface area contributed by atoms with Crippen LogP contribution in [0.2, 0.25) is 0 Å². The number of nitriles is 2. The minimum Gasteiger partial charge on any atom is -0.309 e. The smallest absolute Gasteiger partial charge is 0.309 e. The van der Waals surface area contributed by atoms with Crippen molar-refractivity contribution >= 4 is 55.0 Å². The number of hydrogen-bond donors (Lipinski definition) is 0. The van der Waals surface area contributed by atoms with Gasteiger partial charge in [0.25, 0.3) is 0 Å². The van der Waals surface area contributed by atoms with Crippen LogP contribution in [0.25, 0.3) is 154 Å². The number of benzene rings is 12. The lowest BCUT2D eigenvalue weighted by molar-refractivity contribution is -0.137. The number of nitrogens with zero attached hydrogens (tertiary/aromatic N) is 9. The largest absolute Gasteiger partial charge is 0.416 e. The van der Waals surface area contributed by atoms with Crippen LogP contribution in [0.4, 0.5) is 24.5 Å². The van der Waals surface area contributed by atoms with Gasteiger partial charge < -0.3 is 9.13 Å². The van der Waals surface area contributed by atoms with Crippen molar-refractivity contribution in [3.05, 3.63) is 306 Å². The van der Waals surface area contributed by atoms with E-state index in [0.29, 0.717) is 95.3 Å². The molecule has 0 saturated carbocycles. The Morgan fingerprint density at radius 1 is 0.326 bits per heavy atom. The zero-order chi connectivity index (χ0) is 62.6. The van der Waals surface area contributed by atoms with Crippen molar-refractivity contribution in [1.82, 2.24) is 24.1 Å². The van der Waals surface area contributed by atoms with E-state index in [1.807, 2.05) is 211 Å². The molecule has 0 amide bonds. The quantitative estimate of drug-likeness (QED) is 0.127. The SMILES string of the molecule is [C-]#[N+]c1ccccc1-c1ccc2c(c1)c1cc(-c3ccccc3C#N)ccc1n2-c1ccc(-c2nc(-c3ccccc3)nc(-c3ccccc3)n2)cc1-c1ccc(C(F)(F)F)cc1-n1c2ccc(-c3ccccc3C#N)cc2c2cc(-c3ccccc3[N+]#[C-])ccc21. The number of hydrogen-bond acceptors (Lipinski definition) is 5. The van der Waals surface area contributed by atoms with Gasteiger partial charge in [-0.15, -0.1) is 0 Å². The minimum absolute atomic E-state index is 0.206. The summed E-state index contributed by atoms with van der Waals surface area (Å²) in [4.78, 5) is 23.0. The first-order valence-electron chi connectivity index (χ1n) is 29.4. The lowest BCUT2D eigenvalue weighted by Gasteiger charge is -2.21. The average molecular weight is 1190 g/mol.